The third kappa shape index (κ3) is 3.96. The Balaban J connectivity index is 1.94. The van der Waals surface area contributed by atoms with Gasteiger partial charge in [-0.25, -0.2) is 9.78 Å². The van der Waals surface area contributed by atoms with Crippen molar-refractivity contribution in [3.05, 3.63) is 23.9 Å². The Bertz CT molecular complexity index is 539. The number of nitrogens with zero attached hydrogens (tertiary/aromatic N) is 2. The van der Waals surface area contributed by atoms with Crippen LogP contribution in [0.4, 0.5) is 10.6 Å². The van der Waals surface area contributed by atoms with E-state index >= 15 is 0 Å². The number of anilines is 1. The van der Waals surface area contributed by atoms with Crippen LogP contribution in [0.15, 0.2) is 18.2 Å². The van der Waals surface area contributed by atoms with E-state index in [0.717, 1.165) is 18.8 Å². The summed E-state index contributed by atoms with van der Waals surface area (Å²) in [4.78, 5) is 29.2. The van der Waals surface area contributed by atoms with Gasteiger partial charge in [0.05, 0.1) is 0 Å². The molecule has 0 aromatic carbocycles. The molecule has 0 saturated heterocycles. The van der Waals surface area contributed by atoms with E-state index in [4.69, 9.17) is 5.73 Å². The summed E-state index contributed by atoms with van der Waals surface area (Å²) < 4.78 is 0. The highest BCUT2D eigenvalue weighted by molar-refractivity contribution is 5.92. The van der Waals surface area contributed by atoms with E-state index in [-0.39, 0.29) is 17.8 Å². The summed E-state index contributed by atoms with van der Waals surface area (Å²) in [5, 5.41) is 2.73. The van der Waals surface area contributed by atoms with Gasteiger partial charge < -0.3 is 10.6 Å². The fraction of sp³-hybridized carbons (Fsp3) is 0.562. The largest absolute Gasteiger partial charge is 0.364 e. The topological polar surface area (TPSA) is 88.3 Å². The van der Waals surface area contributed by atoms with E-state index in [1.165, 1.54) is 25.3 Å². The van der Waals surface area contributed by atoms with Crippen molar-refractivity contribution >= 4 is 17.8 Å². The van der Waals surface area contributed by atoms with Crippen LogP contribution in [0.1, 0.15) is 49.5 Å². The molecule has 1 saturated carbocycles. The number of urea groups is 1. The standard InChI is InChI=1S/C16H24N4O2/c1-3-11-7-9-12(10-8-11)20(2)16(22)19-14-6-4-5-13(18-14)15(17)21/h4-6,11-12H,3,7-10H2,1-2H3,(H2,17,21)(H,18,19,22). The first-order chi connectivity index (χ1) is 10.5. The number of aromatic nitrogens is 1. The van der Waals surface area contributed by atoms with Crippen molar-refractivity contribution in [1.82, 2.24) is 9.88 Å². The zero-order valence-electron chi connectivity index (χ0n) is 13.2. The number of amides is 3. The fourth-order valence-electron chi connectivity index (χ4n) is 2.95. The van der Waals surface area contributed by atoms with Crippen LogP contribution in [0.2, 0.25) is 0 Å². The molecule has 1 aliphatic rings. The molecule has 0 radical (unpaired) electrons. The van der Waals surface area contributed by atoms with Gasteiger partial charge in [-0.1, -0.05) is 19.4 Å². The maximum atomic E-state index is 12.3. The zero-order valence-corrected chi connectivity index (χ0v) is 13.2. The lowest BCUT2D eigenvalue weighted by Crippen LogP contribution is -2.42. The van der Waals surface area contributed by atoms with Crippen LogP contribution in [0.3, 0.4) is 0 Å². The van der Waals surface area contributed by atoms with Crippen molar-refractivity contribution in [1.29, 1.82) is 0 Å². The highest BCUT2D eigenvalue weighted by atomic mass is 16.2. The van der Waals surface area contributed by atoms with Gasteiger partial charge in [0.25, 0.3) is 5.91 Å². The number of hydrogen-bond acceptors (Lipinski definition) is 3. The summed E-state index contributed by atoms with van der Waals surface area (Å²) in [5.74, 6) is 0.527. The lowest BCUT2D eigenvalue weighted by Gasteiger charge is -2.34. The van der Waals surface area contributed by atoms with E-state index in [9.17, 15) is 9.59 Å². The molecule has 1 aliphatic carbocycles. The molecule has 3 N–H and O–H groups in total. The summed E-state index contributed by atoms with van der Waals surface area (Å²) in [7, 11) is 1.81. The van der Waals surface area contributed by atoms with E-state index in [2.05, 4.69) is 17.2 Å². The van der Waals surface area contributed by atoms with Crippen molar-refractivity contribution < 1.29 is 9.59 Å². The van der Waals surface area contributed by atoms with Crippen LogP contribution in [0, 0.1) is 5.92 Å². The molecule has 2 rings (SSSR count). The minimum Gasteiger partial charge on any atom is -0.364 e. The quantitative estimate of drug-likeness (QED) is 0.896. The number of primary amides is 1. The Labute approximate surface area is 131 Å². The van der Waals surface area contributed by atoms with Gasteiger partial charge in [-0.3, -0.25) is 10.1 Å². The Kier molecular flexibility index (Phi) is 5.35. The van der Waals surface area contributed by atoms with Crippen LogP contribution >= 0.6 is 0 Å². The van der Waals surface area contributed by atoms with Gasteiger partial charge in [0, 0.05) is 13.1 Å². The minimum atomic E-state index is -0.609. The van der Waals surface area contributed by atoms with E-state index < -0.39 is 5.91 Å². The van der Waals surface area contributed by atoms with Crippen LogP contribution in [0.5, 0.6) is 0 Å². The van der Waals surface area contributed by atoms with Crippen LogP contribution in [0.25, 0.3) is 0 Å². The van der Waals surface area contributed by atoms with Crippen molar-refractivity contribution in [3.63, 3.8) is 0 Å². The Morgan fingerprint density at radius 3 is 2.59 bits per heavy atom. The lowest BCUT2D eigenvalue weighted by atomic mass is 9.84. The summed E-state index contributed by atoms with van der Waals surface area (Å²) >= 11 is 0. The van der Waals surface area contributed by atoms with E-state index in [1.54, 1.807) is 17.0 Å². The second-order valence-electron chi connectivity index (χ2n) is 5.90. The third-order valence-electron chi connectivity index (χ3n) is 4.50. The number of pyridine rings is 1. The van der Waals surface area contributed by atoms with Gasteiger partial charge in [0.2, 0.25) is 0 Å². The van der Waals surface area contributed by atoms with Gasteiger partial charge in [-0.2, -0.15) is 0 Å². The van der Waals surface area contributed by atoms with Gasteiger partial charge in [-0.15, -0.1) is 0 Å². The maximum absolute atomic E-state index is 12.3. The van der Waals surface area contributed by atoms with E-state index in [1.807, 2.05) is 7.05 Å². The molecule has 0 spiro atoms. The van der Waals surface area contributed by atoms with Gasteiger partial charge >= 0.3 is 6.03 Å². The first-order valence-corrected chi connectivity index (χ1v) is 7.82. The highest BCUT2D eigenvalue weighted by Gasteiger charge is 2.26. The SMILES string of the molecule is CCC1CCC(N(C)C(=O)Nc2cccc(C(N)=O)n2)CC1. The second kappa shape index (κ2) is 7.24. The maximum Gasteiger partial charge on any atom is 0.322 e. The summed E-state index contributed by atoms with van der Waals surface area (Å²) in [6.45, 7) is 2.22. The predicted octanol–water partition coefficient (Wildman–Crippen LogP) is 2.61. The smallest absolute Gasteiger partial charge is 0.322 e. The lowest BCUT2D eigenvalue weighted by molar-refractivity contribution is 0.0995. The molecule has 6 heteroatoms. The molecule has 120 valence electrons. The molecular weight excluding hydrogens is 280 g/mol. The summed E-state index contributed by atoms with van der Waals surface area (Å²) in [6.07, 6.45) is 5.64. The molecule has 22 heavy (non-hydrogen) atoms. The van der Waals surface area contributed by atoms with Crippen molar-refractivity contribution in [2.75, 3.05) is 12.4 Å². The van der Waals surface area contributed by atoms with Crippen molar-refractivity contribution in [2.45, 2.75) is 45.1 Å². The summed E-state index contributed by atoms with van der Waals surface area (Å²) in [6, 6.07) is 4.88. The average molecular weight is 304 g/mol. The number of rotatable bonds is 4. The Hall–Kier alpha value is -2.11. The molecule has 0 unspecified atom stereocenters. The highest BCUT2D eigenvalue weighted by Crippen LogP contribution is 2.29. The van der Waals surface area contributed by atoms with Crippen LogP contribution in [-0.4, -0.2) is 34.9 Å². The normalized spacial score (nSPS) is 21.2. The van der Waals surface area contributed by atoms with Gasteiger partial charge in [0.15, 0.2) is 0 Å². The fourth-order valence-corrected chi connectivity index (χ4v) is 2.95. The molecule has 1 aromatic rings. The van der Waals surface area contributed by atoms with Crippen LogP contribution < -0.4 is 11.1 Å². The molecule has 3 amide bonds. The molecule has 0 bridgehead atoms. The summed E-state index contributed by atoms with van der Waals surface area (Å²) in [5.41, 5.74) is 5.33. The van der Waals surface area contributed by atoms with Crippen molar-refractivity contribution in [3.8, 4) is 0 Å². The molecule has 0 aliphatic heterocycles. The molecule has 0 atom stereocenters. The number of carbonyl (C=O) groups is 2. The number of nitrogens with one attached hydrogen (secondary N) is 1. The number of nitrogens with two attached hydrogens (primary N) is 1. The van der Waals surface area contributed by atoms with Crippen LogP contribution in [-0.2, 0) is 0 Å². The van der Waals surface area contributed by atoms with Gasteiger partial charge in [-0.05, 0) is 43.7 Å². The monoisotopic (exact) mass is 304 g/mol. The van der Waals surface area contributed by atoms with E-state index in [0.29, 0.717) is 5.82 Å². The number of hydrogen-bond donors (Lipinski definition) is 2. The molecular formula is C16H24N4O2. The predicted molar refractivity (Wildman–Crippen MR) is 85.6 cm³/mol. The molecule has 1 fully saturated rings. The third-order valence-corrected chi connectivity index (χ3v) is 4.50. The zero-order chi connectivity index (χ0) is 16.1. The van der Waals surface area contributed by atoms with Crippen molar-refractivity contribution in [2.24, 2.45) is 11.7 Å². The Morgan fingerprint density at radius 2 is 2.00 bits per heavy atom. The Morgan fingerprint density at radius 1 is 1.32 bits per heavy atom. The minimum absolute atomic E-state index is 0.143. The number of carbonyl (C=O) groups excluding carboxylic acids is 2. The first-order valence-electron chi connectivity index (χ1n) is 7.82. The molecule has 1 aromatic heterocycles. The molecule has 1 heterocycles. The molecule has 6 nitrogen and oxygen atoms in total. The second-order valence-corrected chi connectivity index (χ2v) is 5.90. The average Bonchev–Trinajstić information content (AvgIpc) is 2.54. The first kappa shape index (κ1) is 16.3. The van der Waals surface area contributed by atoms with Gasteiger partial charge in [0.1, 0.15) is 11.5 Å².